The van der Waals surface area contributed by atoms with E-state index in [0.29, 0.717) is 17.9 Å². The van der Waals surface area contributed by atoms with Gasteiger partial charge in [-0.2, -0.15) is 5.10 Å². The molecule has 4 rings (SSSR count). The molecule has 0 radical (unpaired) electrons. The Morgan fingerprint density at radius 1 is 1.15 bits per heavy atom. The number of aryl methyl sites for hydroxylation is 1. The fourth-order valence-corrected chi connectivity index (χ4v) is 3.25. The van der Waals surface area contributed by atoms with E-state index in [4.69, 9.17) is 0 Å². The molecule has 0 unspecified atom stereocenters. The van der Waals surface area contributed by atoms with Gasteiger partial charge >= 0.3 is 0 Å². The molecule has 0 aliphatic carbocycles. The zero-order valence-electron chi connectivity index (χ0n) is 14.9. The van der Waals surface area contributed by atoms with E-state index in [9.17, 15) is 4.79 Å². The summed E-state index contributed by atoms with van der Waals surface area (Å²) in [7, 11) is 0. The predicted octanol–water partition coefficient (Wildman–Crippen LogP) is 1.78. The SMILES string of the molecule is Cc1ccc(CN2CCCN(C(=O)c3cc4ncccn4n3)CC2)nc1. The van der Waals surface area contributed by atoms with Crippen molar-refractivity contribution in [3.63, 3.8) is 0 Å². The van der Waals surface area contributed by atoms with Crippen molar-refractivity contribution >= 4 is 11.6 Å². The lowest BCUT2D eigenvalue weighted by Crippen LogP contribution is -2.35. The molecule has 1 saturated heterocycles. The highest BCUT2D eigenvalue weighted by atomic mass is 16.2. The van der Waals surface area contributed by atoms with E-state index in [2.05, 4.69) is 32.1 Å². The van der Waals surface area contributed by atoms with Gasteiger partial charge in [-0.3, -0.25) is 14.7 Å². The minimum Gasteiger partial charge on any atom is -0.336 e. The normalized spacial score (nSPS) is 16.0. The van der Waals surface area contributed by atoms with Gasteiger partial charge < -0.3 is 4.90 Å². The smallest absolute Gasteiger partial charge is 0.274 e. The van der Waals surface area contributed by atoms with E-state index in [-0.39, 0.29) is 5.91 Å². The van der Waals surface area contributed by atoms with Gasteiger partial charge in [0.05, 0.1) is 5.69 Å². The minimum atomic E-state index is -0.0224. The van der Waals surface area contributed by atoms with Crippen molar-refractivity contribution in [2.45, 2.75) is 19.9 Å². The summed E-state index contributed by atoms with van der Waals surface area (Å²) in [6, 6.07) is 7.72. The van der Waals surface area contributed by atoms with Gasteiger partial charge in [-0.05, 0) is 31.0 Å². The topological polar surface area (TPSA) is 66.6 Å². The maximum atomic E-state index is 12.8. The van der Waals surface area contributed by atoms with Crippen LogP contribution in [0.25, 0.3) is 5.65 Å². The Kier molecular flexibility index (Phi) is 4.62. The molecule has 3 aromatic heterocycles. The van der Waals surface area contributed by atoms with Crippen LogP contribution >= 0.6 is 0 Å². The van der Waals surface area contributed by atoms with Crippen LogP contribution < -0.4 is 0 Å². The number of hydrogen-bond donors (Lipinski definition) is 0. The fraction of sp³-hybridized carbons (Fsp3) is 0.368. The molecule has 1 aliphatic heterocycles. The van der Waals surface area contributed by atoms with Crippen LogP contribution in [0.1, 0.15) is 28.2 Å². The summed E-state index contributed by atoms with van der Waals surface area (Å²) < 4.78 is 1.64. The van der Waals surface area contributed by atoms with E-state index in [1.54, 1.807) is 29.0 Å². The van der Waals surface area contributed by atoms with Gasteiger partial charge in [-0.25, -0.2) is 9.50 Å². The van der Waals surface area contributed by atoms with E-state index in [1.807, 2.05) is 18.0 Å². The molecule has 134 valence electrons. The molecular formula is C19H22N6O. The second kappa shape index (κ2) is 7.21. The number of pyridine rings is 1. The van der Waals surface area contributed by atoms with Gasteiger partial charge in [0, 0.05) is 57.4 Å². The number of hydrogen-bond acceptors (Lipinski definition) is 5. The summed E-state index contributed by atoms with van der Waals surface area (Å²) >= 11 is 0. The van der Waals surface area contributed by atoms with Crippen molar-refractivity contribution < 1.29 is 4.79 Å². The van der Waals surface area contributed by atoms with E-state index < -0.39 is 0 Å². The molecule has 3 aromatic rings. The number of carbonyl (C=O) groups is 1. The van der Waals surface area contributed by atoms with Crippen molar-refractivity contribution in [3.05, 3.63) is 59.8 Å². The van der Waals surface area contributed by atoms with Gasteiger partial charge in [-0.15, -0.1) is 0 Å². The first-order valence-electron chi connectivity index (χ1n) is 8.92. The second-order valence-electron chi connectivity index (χ2n) is 6.70. The first-order chi connectivity index (χ1) is 12.7. The molecule has 4 heterocycles. The largest absolute Gasteiger partial charge is 0.336 e. The first-order valence-corrected chi connectivity index (χ1v) is 8.92. The molecule has 0 atom stereocenters. The summed E-state index contributed by atoms with van der Waals surface area (Å²) in [5.74, 6) is -0.0224. The third-order valence-corrected chi connectivity index (χ3v) is 4.69. The van der Waals surface area contributed by atoms with Gasteiger partial charge in [0.25, 0.3) is 5.91 Å². The lowest BCUT2D eigenvalue weighted by Gasteiger charge is -2.21. The lowest BCUT2D eigenvalue weighted by atomic mass is 10.2. The summed E-state index contributed by atoms with van der Waals surface area (Å²) in [5, 5.41) is 4.35. The van der Waals surface area contributed by atoms with Crippen molar-refractivity contribution in [2.75, 3.05) is 26.2 Å². The van der Waals surface area contributed by atoms with Crippen molar-refractivity contribution in [3.8, 4) is 0 Å². The predicted molar refractivity (Wildman–Crippen MR) is 97.8 cm³/mol. The average Bonchev–Trinajstić information content (AvgIpc) is 2.96. The van der Waals surface area contributed by atoms with Gasteiger partial charge in [0.1, 0.15) is 0 Å². The van der Waals surface area contributed by atoms with Crippen LogP contribution in [0.2, 0.25) is 0 Å². The Balaban J connectivity index is 1.41. The minimum absolute atomic E-state index is 0.0224. The summed E-state index contributed by atoms with van der Waals surface area (Å²) in [5.41, 5.74) is 3.39. The Morgan fingerprint density at radius 2 is 2.08 bits per heavy atom. The maximum Gasteiger partial charge on any atom is 0.274 e. The molecule has 1 fully saturated rings. The Morgan fingerprint density at radius 3 is 2.88 bits per heavy atom. The number of rotatable bonds is 3. The standard InChI is InChI=1S/C19H22N6O/c1-15-4-5-16(21-13-15)14-23-7-3-8-24(11-10-23)19(26)17-12-18-20-6-2-9-25(18)22-17/h2,4-6,9,12-13H,3,7-8,10-11,14H2,1H3. The molecule has 7 heteroatoms. The molecule has 26 heavy (non-hydrogen) atoms. The summed E-state index contributed by atoms with van der Waals surface area (Å²) in [4.78, 5) is 25.8. The van der Waals surface area contributed by atoms with Crippen molar-refractivity contribution in [2.24, 2.45) is 0 Å². The summed E-state index contributed by atoms with van der Waals surface area (Å²) in [6.45, 7) is 6.12. The molecule has 0 bridgehead atoms. The fourth-order valence-electron chi connectivity index (χ4n) is 3.25. The Hall–Kier alpha value is -2.80. The Labute approximate surface area is 152 Å². The third-order valence-electron chi connectivity index (χ3n) is 4.69. The monoisotopic (exact) mass is 350 g/mol. The molecule has 0 N–H and O–H groups in total. The van der Waals surface area contributed by atoms with Gasteiger partial charge in [-0.1, -0.05) is 6.07 Å². The van der Waals surface area contributed by atoms with Crippen LogP contribution in [0.5, 0.6) is 0 Å². The van der Waals surface area contributed by atoms with Crippen molar-refractivity contribution in [1.29, 1.82) is 0 Å². The highest BCUT2D eigenvalue weighted by Gasteiger charge is 2.22. The number of carbonyl (C=O) groups excluding carboxylic acids is 1. The molecule has 0 saturated carbocycles. The number of amides is 1. The average molecular weight is 350 g/mol. The van der Waals surface area contributed by atoms with Crippen LogP contribution in [0, 0.1) is 6.92 Å². The quantitative estimate of drug-likeness (QED) is 0.720. The van der Waals surface area contributed by atoms with E-state index in [0.717, 1.165) is 38.3 Å². The van der Waals surface area contributed by atoms with E-state index in [1.165, 1.54) is 5.56 Å². The molecule has 1 amide bonds. The molecular weight excluding hydrogens is 328 g/mol. The zero-order valence-corrected chi connectivity index (χ0v) is 14.9. The highest BCUT2D eigenvalue weighted by Crippen LogP contribution is 2.12. The number of fused-ring (bicyclic) bond motifs is 1. The lowest BCUT2D eigenvalue weighted by molar-refractivity contribution is 0.0755. The van der Waals surface area contributed by atoms with Crippen molar-refractivity contribution in [1.82, 2.24) is 29.4 Å². The zero-order chi connectivity index (χ0) is 17.9. The number of aromatic nitrogens is 4. The van der Waals surface area contributed by atoms with Crippen LogP contribution in [0.4, 0.5) is 0 Å². The van der Waals surface area contributed by atoms with Crippen LogP contribution in [-0.2, 0) is 6.54 Å². The molecule has 1 aliphatic rings. The third kappa shape index (κ3) is 3.57. The van der Waals surface area contributed by atoms with Crippen LogP contribution in [-0.4, -0.2) is 61.5 Å². The van der Waals surface area contributed by atoms with Crippen LogP contribution in [0.15, 0.2) is 42.9 Å². The second-order valence-corrected chi connectivity index (χ2v) is 6.70. The number of nitrogens with zero attached hydrogens (tertiary/aromatic N) is 6. The van der Waals surface area contributed by atoms with Gasteiger partial charge in [0.15, 0.2) is 11.3 Å². The first kappa shape index (κ1) is 16.7. The molecule has 0 aromatic carbocycles. The van der Waals surface area contributed by atoms with E-state index >= 15 is 0 Å². The molecule has 0 spiro atoms. The Bertz CT molecular complexity index is 871. The van der Waals surface area contributed by atoms with Crippen LogP contribution in [0.3, 0.4) is 0 Å². The highest BCUT2D eigenvalue weighted by molar-refractivity contribution is 5.93. The van der Waals surface area contributed by atoms with Gasteiger partial charge in [0.2, 0.25) is 0 Å². The summed E-state index contributed by atoms with van der Waals surface area (Å²) in [6.07, 6.45) is 6.36. The maximum absolute atomic E-state index is 12.8. The molecule has 7 nitrogen and oxygen atoms in total.